The second-order valence-corrected chi connectivity index (χ2v) is 5.16. The van der Waals surface area contributed by atoms with Crippen LogP contribution in [0.2, 0.25) is 0 Å². The Morgan fingerprint density at radius 3 is 2.59 bits per heavy atom. The van der Waals surface area contributed by atoms with Crippen LogP contribution in [0.3, 0.4) is 0 Å². The topological polar surface area (TPSA) is 22.1 Å². The summed E-state index contributed by atoms with van der Waals surface area (Å²) < 4.78 is 5.92. The average molecular weight is 289 g/mol. The van der Waals surface area contributed by atoms with Gasteiger partial charge in [-0.25, -0.2) is 0 Å². The SMILES string of the molecule is CCCOc1ccc2ccccc2c1C=Cc1ccncc1. The third-order valence-corrected chi connectivity index (χ3v) is 3.54. The van der Waals surface area contributed by atoms with Crippen molar-refractivity contribution in [2.24, 2.45) is 0 Å². The lowest BCUT2D eigenvalue weighted by Crippen LogP contribution is -1.97. The molecule has 0 spiro atoms. The number of pyridine rings is 1. The standard InChI is InChI=1S/C20H19NO/c1-2-15-22-20-10-8-17-5-3-4-6-18(17)19(20)9-7-16-11-13-21-14-12-16/h3-14H,2,15H2,1H3. The molecule has 0 aliphatic heterocycles. The summed E-state index contributed by atoms with van der Waals surface area (Å²) in [5, 5.41) is 2.43. The number of rotatable bonds is 5. The van der Waals surface area contributed by atoms with E-state index in [-0.39, 0.29) is 0 Å². The van der Waals surface area contributed by atoms with Gasteiger partial charge < -0.3 is 4.74 Å². The van der Waals surface area contributed by atoms with Crippen LogP contribution in [0.25, 0.3) is 22.9 Å². The Balaban J connectivity index is 2.05. The first-order valence-electron chi connectivity index (χ1n) is 7.61. The molecule has 0 unspecified atom stereocenters. The molecule has 0 N–H and O–H groups in total. The zero-order valence-electron chi connectivity index (χ0n) is 12.7. The summed E-state index contributed by atoms with van der Waals surface area (Å²) in [6, 6.07) is 16.6. The molecule has 1 heterocycles. The maximum absolute atomic E-state index is 5.92. The Hall–Kier alpha value is -2.61. The van der Waals surface area contributed by atoms with E-state index in [0.717, 1.165) is 29.9 Å². The van der Waals surface area contributed by atoms with Crippen LogP contribution >= 0.6 is 0 Å². The number of fused-ring (bicyclic) bond motifs is 1. The van der Waals surface area contributed by atoms with Gasteiger partial charge in [-0.15, -0.1) is 0 Å². The van der Waals surface area contributed by atoms with E-state index in [1.54, 1.807) is 12.4 Å². The van der Waals surface area contributed by atoms with Crippen LogP contribution in [0, 0.1) is 0 Å². The van der Waals surface area contributed by atoms with Crippen LogP contribution in [-0.4, -0.2) is 11.6 Å². The predicted molar refractivity (Wildman–Crippen MR) is 92.9 cm³/mol. The first kappa shape index (κ1) is 14.3. The van der Waals surface area contributed by atoms with Crippen molar-refractivity contribution in [3.05, 3.63) is 72.1 Å². The molecule has 110 valence electrons. The summed E-state index contributed by atoms with van der Waals surface area (Å²) in [6.07, 6.45) is 8.83. The summed E-state index contributed by atoms with van der Waals surface area (Å²) >= 11 is 0. The Labute approximate surface area is 131 Å². The summed E-state index contributed by atoms with van der Waals surface area (Å²) in [5.41, 5.74) is 2.26. The number of hydrogen-bond donors (Lipinski definition) is 0. The number of aromatic nitrogens is 1. The fourth-order valence-electron chi connectivity index (χ4n) is 2.44. The van der Waals surface area contributed by atoms with Gasteiger partial charge in [-0.3, -0.25) is 4.98 Å². The number of hydrogen-bond acceptors (Lipinski definition) is 2. The lowest BCUT2D eigenvalue weighted by molar-refractivity contribution is 0.317. The molecule has 0 bridgehead atoms. The van der Waals surface area contributed by atoms with Gasteiger partial charge in [0.25, 0.3) is 0 Å². The van der Waals surface area contributed by atoms with Crippen molar-refractivity contribution in [3.63, 3.8) is 0 Å². The lowest BCUT2D eigenvalue weighted by atomic mass is 10.0. The zero-order valence-corrected chi connectivity index (χ0v) is 12.7. The van der Waals surface area contributed by atoms with Gasteiger partial charge in [0.15, 0.2) is 0 Å². The molecule has 0 atom stereocenters. The fourth-order valence-corrected chi connectivity index (χ4v) is 2.44. The summed E-state index contributed by atoms with van der Waals surface area (Å²) in [5.74, 6) is 0.936. The van der Waals surface area contributed by atoms with Crippen LogP contribution in [0.5, 0.6) is 5.75 Å². The Morgan fingerprint density at radius 1 is 0.955 bits per heavy atom. The molecule has 0 aliphatic carbocycles. The van der Waals surface area contributed by atoms with Gasteiger partial charge in [0.05, 0.1) is 6.61 Å². The van der Waals surface area contributed by atoms with Gasteiger partial charge in [0.1, 0.15) is 5.75 Å². The maximum Gasteiger partial charge on any atom is 0.127 e. The minimum atomic E-state index is 0.731. The molecular weight excluding hydrogens is 270 g/mol. The van der Waals surface area contributed by atoms with Crippen molar-refractivity contribution in [1.29, 1.82) is 0 Å². The number of nitrogens with zero attached hydrogens (tertiary/aromatic N) is 1. The van der Waals surface area contributed by atoms with E-state index in [9.17, 15) is 0 Å². The first-order chi connectivity index (χ1) is 10.9. The number of benzene rings is 2. The molecule has 0 saturated heterocycles. The van der Waals surface area contributed by atoms with E-state index in [4.69, 9.17) is 4.74 Å². The van der Waals surface area contributed by atoms with E-state index >= 15 is 0 Å². The predicted octanol–water partition coefficient (Wildman–Crippen LogP) is 5.19. The third-order valence-electron chi connectivity index (χ3n) is 3.54. The zero-order chi connectivity index (χ0) is 15.2. The molecule has 0 amide bonds. The van der Waals surface area contributed by atoms with Gasteiger partial charge in [-0.05, 0) is 41.0 Å². The van der Waals surface area contributed by atoms with Crippen molar-refractivity contribution in [2.45, 2.75) is 13.3 Å². The van der Waals surface area contributed by atoms with Gasteiger partial charge in [-0.1, -0.05) is 49.4 Å². The van der Waals surface area contributed by atoms with Crippen LogP contribution < -0.4 is 4.74 Å². The fraction of sp³-hybridized carbons (Fsp3) is 0.150. The van der Waals surface area contributed by atoms with Crippen molar-refractivity contribution < 1.29 is 4.74 Å². The molecule has 1 aromatic heterocycles. The molecule has 2 heteroatoms. The highest BCUT2D eigenvalue weighted by Gasteiger charge is 2.06. The van der Waals surface area contributed by atoms with Crippen LogP contribution in [0.4, 0.5) is 0 Å². The highest BCUT2D eigenvalue weighted by molar-refractivity contribution is 5.95. The van der Waals surface area contributed by atoms with Crippen molar-refractivity contribution >= 4 is 22.9 Å². The Morgan fingerprint density at radius 2 is 1.77 bits per heavy atom. The molecule has 2 nitrogen and oxygen atoms in total. The maximum atomic E-state index is 5.92. The summed E-state index contributed by atoms with van der Waals surface area (Å²) in [7, 11) is 0. The van der Waals surface area contributed by atoms with Crippen LogP contribution in [0.1, 0.15) is 24.5 Å². The van der Waals surface area contributed by atoms with E-state index in [1.165, 1.54) is 10.8 Å². The molecule has 3 rings (SSSR count). The Kier molecular flexibility index (Phi) is 4.50. The van der Waals surface area contributed by atoms with Crippen LogP contribution in [0.15, 0.2) is 60.9 Å². The average Bonchev–Trinajstić information content (AvgIpc) is 2.59. The van der Waals surface area contributed by atoms with Gasteiger partial charge >= 0.3 is 0 Å². The molecular formula is C20H19NO. The third kappa shape index (κ3) is 3.17. The normalized spacial score (nSPS) is 11.1. The molecule has 0 fully saturated rings. The molecule has 3 aromatic rings. The van der Waals surface area contributed by atoms with E-state index < -0.39 is 0 Å². The van der Waals surface area contributed by atoms with Crippen molar-refractivity contribution in [3.8, 4) is 5.75 Å². The highest BCUT2D eigenvalue weighted by Crippen LogP contribution is 2.30. The highest BCUT2D eigenvalue weighted by atomic mass is 16.5. The summed E-state index contributed by atoms with van der Waals surface area (Å²) in [4.78, 5) is 4.05. The number of ether oxygens (including phenoxy) is 1. The second kappa shape index (κ2) is 6.90. The smallest absolute Gasteiger partial charge is 0.127 e. The molecule has 0 saturated carbocycles. The monoisotopic (exact) mass is 289 g/mol. The van der Waals surface area contributed by atoms with Crippen LogP contribution in [-0.2, 0) is 0 Å². The minimum absolute atomic E-state index is 0.731. The molecule has 0 aliphatic rings. The van der Waals surface area contributed by atoms with E-state index in [0.29, 0.717) is 0 Å². The van der Waals surface area contributed by atoms with Gasteiger partial charge in [-0.2, -0.15) is 0 Å². The summed E-state index contributed by atoms with van der Waals surface area (Å²) in [6.45, 7) is 2.85. The lowest BCUT2D eigenvalue weighted by Gasteiger charge is -2.11. The van der Waals surface area contributed by atoms with E-state index in [2.05, 4.69) is 60.5 Å². The molecule has 2 aromatic carbocycles. The first-order valence-corrected chi connectivity index (χ1v) is 7.61. The van der Waals surface area contributed by atoms with Crippen molar-refractivity contribution in [1.82, 2.24) is 4.98 Å². The minimum Gasteiger partial charge on any atom is -0.493 e. The van der Waals surface area contributed by atoms with Gasteiger partial charge in [0, 0.05) is 18.0 Å². The Bertz CT molecular complexity index is 778. The second-order valence-electron chi connectivity index (χ2n) is 5.16. The van der Waals surface area contributed by atoms with E-state index in [1.807, 2.05) is 12.1 Å². The molecule has 0 radical (unpaired) electrons. The van der Waals surface area contributed by atoms with Gasteiger partial charge in [0.2, 0.25) is 0 Å². The molecule has 22 heavy (non-hydrogen) atoms. The largest absolute Gasteiger partial charge is 0.493 e. The van der Waals surface area contributed by atoms with Crippen molar-refractivity contribution in [2.75, 3.05) is 6.61 Å². The quantitative estimate of drug-likeness (QED) is 0.644.